The summed E-state index contributed by atoms with van der Waals surface area (Å²) >= 11 is 6.30. The number of fused-ring (bicyclic) bond motifs is 2. The highest BCUT2D eigenvalue weighted by Gasteiger charge is 2.37. The van der Waals surface area contributed by atoms with Crippen LogP contribution in [-0.4, -0.2) is 24.8 Å². The Bertz CT molecular complexity index is 1220. The summed E-state index contributed by atoms with van der Waals surface area (Å²) in [5, 5.41) is 12.1. The Kier molecular flexibility index (Phi) is 3.71. The minimum atomic E-state index is -4.54. The lowest BCUT2D eigenvalue weighted by molar-refractivity contribution is -0.137. The summed E-state index contributed by atoms with van der Waals surface area (Å²) in [6.45, 7) is 1.81. The Morgan fingerprint density at radius 2 is 2.04 bits per heavy atom. The van der Waals surface area contributed by atoms with Crippen LogP contribution < -0.4 is 0 Å². The maximum Gasteiger partial charge on any atom is 0.418 e. The number of aromatic nitrogens is 5. The minimum Gasteiger partial charge on any atom is -0.276 e. The van der Waals surface area contributed by atoms with Crippen LogP contribution >= 0.6 is 11.6 Å². The second-order valence-corrected chi connectivity index (χ2v) is 7.46. The first-order valence-corrected chi connectivity index (χ1v) is 9.37. The van der Waals surface area contributed by atoms with Crippen molar-refractivity contribution in [3.8, 4) is 11.3 Å². The fourth-order valence-corrected chi connectivity index (χ4v) is 3.80. The van der Waals surface area contributed by atoms with Gasteiger partial charge in [0.05, 0.1) is 28.0 Å². The van der Waals surface area contributed by atoms with Crippen LogP contribution in [0.25, 0.3) is 27.8 Å². The lowest BCUT2D eigenvalue weighted by atomic mass is 10.0. The number of nitrogens with zero attached hydrogens (tertiary/aromatic N) is 4. The molecule has 0 bridgehead atoms. The molecule has 1 aromatic carbocycles. The Labute approximate surface area is 162 Å². The number of H-pyrrole nitrogens is 1. The van der Waals surface area contributed by atoms with E-state index in [0.29, 0.717) is 44.9 Å². The van der Waals surface area contributed by atoms with Gasteiger partial charge in [0.2, 0.25) is 0 Å². The summed E-state index contributed by atoms with van der Waals surface area (Å²) in [6.07, 6.45) is -0.653. The minimum absolute atomic E-state index is 0.0518. The standard InChI is InChI=1S/C19H15ClF3N5/c1-2-9-6-13(19(21,22)23)16(28-18(9)25-17(27-28)10-3-4-10)11-5-12-8-24-26-15(12)14(20)7-11/h5-8,10H,2-4H2,1H3,(H,24,26). The van der Waals surface area contributed by atoms with Crippen molar-refractivity contribution < 1.29 is 13.2 Å². The van der Waals surface area contributed by atoms with Gasteiger partial charge in [-0.15, -0.1) is 0 Å². The van der Waals surface area contributed by atoms with E-state index in [-0.39, 0.29) is 11.6 Å². The first kappa shape index (κ1) is 17.5. The number of hydrogen-bond donors (Lipinski definition) is 1. The molecule has 0 saturated heterocycles. The molecule has 1 aliphatic carbocycles. The summed E-state index contributed by atoms with van der Waals surface area (Å²) in [5.41, 5.74) is 1.10. The number of alkyl halides is 3. The van der Waals surface area contributed by atoms with E-state index in [1.807, 2.05) is 6.92 Å². The van der Waals surface area contributed by atoms with E-state index in [1.165, 1.54) is 22.8 Å². The average molecular weight is 406 g/mol. The summed E-state index contributed by atoms with van der Waals surface area (Å²) in [6, 6.07) is 4.33. The molecule has 0 aliphatic heterocycles. The van der Waals surface area contributed by atoms with E-state index in [1.54, 1.807) is 6.07 Å². The van der Waals surface area contributed by atoms with Gasteiger partial charge in [0.15, 0.2) is 11.5 Å². The smallest absolute Gasteiger partial charge is 0.276 e. The van der Waals surface area contributed by atoms with Gasteiger partial charge >= 0.3 is 6.18 Å². The zero-order valence-electron chi connectivity index (χ0n) is 14.8. The highest BCUT2D eigenvalue weighted by Crippen LogP contribution is 2.42. The fraction of sp³-hybridized carbons (Fsp3) is 0.316. The van der Waals surface area contributed by atoms with Crippen LogP contribution in [0.3, 0.4) is 0 Å². The molecule has 5 rings (SSSR count). The number of halogens is 4. The van der Waals surface area contributed by atoms with Gasteiger partial charge in [-0.05, 0) is 43.0 Å². The third kappa shape index (κ3) is 2.66. The number of aromatic amines is 1. The van der Waals surface area contributed by atoms with E-state index in [4.69, 9.17) is 11.6 Å². The topological polar surface area (TPSA) is 58.9 Å². The molecule has 1 N–H and O–H groups in total. The lowest BCUT2D eigenvalue weighted by Crippen LogP contribution is -2.13. The van der Waals surface area contributed by atoms with Crippen molar-refractivity contribution in [2.45, 2.75) is 38.3 Å². The molecule has 144 valence electrons. The summed E-state index contributed by atoms with van der Waals surface area (Å²) in [4.78, 5) is 4.56. The second-order valence-electron chi connectivity index (χ2n) is 7.06. The van der Waals surface area contributed by atoms with Gasteiger partial charge in [0, 0.05) is 16.9 Å². The van der Waals surface area contributed by atoms with E-state index in [0.717, 1.165) is 12.8 Å². The zero-order chi connectivity index (χ0) is 19.6. The number of nitrogens with one attached hydrogen (secondary N) is 1. The molecule has 0 radical (unpaired) electrons. The first-order chi connectivity index (χ1) is 13.4. The normalized spacial score (nSPS) is 15.0. The molecule has 5 nitrogen and oxygen atoms in total. The molecule has 9 heteroatoms. The largest absolute Gasteiger partial charge is 0.418 e. The molecular weight excluding hydrogens is 391 g/mol. The van der Waals surface area contributed by atoms with Gasteiger partial charge < -0.3 is 0 Å². The molecule has 1 saturated carbocycles. The Hall–Kier alpha value is -2.61. The van der Waals surface area contributed by atoms with Gasteiger partial charge in [0.1, 0.15) is 0 Å². The number of benzene rings is 1. The van der Waals surface area contributed by atoms with Crippen LogP contribution in [-0.2, 0) is 12.6 Å². The lowest BCUT2D eigenvalue weighted by Gasteiger charge is -2.16. The zero-order valence-corrected chi connectivity index (χ0v) is 15.6. The molecule has 0 amide bonds. The molecule has 28 heavy (non-hydrogen) atoms. The van der Waals surface area contributed by atoms with Crippen molar-refractivity contribution in [2.75, 3.05) is 0 Å². The van der Waals surface area contributed by atoms with Gasteiger partial charge in [-0.25, -0.2) is 9.50 Å². The molecule has 1 aliphatic rings. The van der Waals surface area contributed by atoms with Crippen molar-refractivity contribution in [2.24, 2.45) is 0 Å². The third-order valence-corrected chi connectivity index (χ3v) is 5.40. The number of aryl methyl sites for hydroxylation is 1. The summed E-state index contributed by atoms with van der Waals surface area (Å²) in [7, 11) is 0. The molecule has 0 spiro atoms. The maximum atomic E-state index is 14.0. The Balaban J connectivity index is 1.88. The fourth-order valence-electron chi connectivity index (χ4n) is 3.53. The summed E-state index contributed by atoms with van der Waals surface area (Å²) in [5.74, 6) is 0.831. The quantitative estimate of drug-likeness (QED) is 0.497. The highest BCUT2D eigenvalue weighted by atomic mass is 35.5. The third-order valence-electron chi connectivity index (χ3n) is 5.10. The van der Waals surface area contributed by atoms with Crippen LogP contribution in [0.5, 0.6) is 0 Å². The molecule has 0 unspecified atom stereocenters. The van der Waals surface area contributed by atoms with Gasteiger partial charge in [0.25, 0.3) is 0 Å². The van der Waals surface area contributed by atoms with Crippen LogP contribution in [0.1, 0.15) is 42.6 Å². The van der Waals surface area contributed by atoms with Crippen LogP contribution in [0.2, 0.25) is 5.02 Å². The molecule has 1 fully saturated rings. The average Bonchev–Trinajstić information content (AvgIpc) is 3.21. The van der Waals surface area contributed by atoms with E-state index in [9.17, 15) is 13.2 Å². The Morgan fingerprint density at radius 3 is 2.71 bits per heavy atom. The molecule has 4 aromatic rings. The number of pyridine rings is 1. The van der Waals surface area contributed by atoms with Crippen LogP contribution in [0.15, 0.2) is 24.4 Å². The first-order valence-electron chi connectivity index (χ1n) is 8.99. The van der Waals surface area contributed by atoms with Crippen molar-refractivity contribution in [1.82, 2.24) is 24.8 Å². The van der Waals surface area contributed by atoms with Crippen molar-refractivity contribution in [3.63, 3.8) is 0 Å². The van der Waals surface area contributed by atoms with Crippen molar-refractivity contribution in [3.05, 3.63) is 46.4 Å². The van der Waals surface area contributed by atoms with E-state index in [2.05, 4.69) is 20.3 Å². The second kappa shape index (κ2) is 5.94. The maximum absolute atomic E-state index is 14.0. The van der Waals surface area contributed by atoms with Crippen LogP contribution in [0, 0.1) is 0 Å². The monoisotopic (exact) mass is 405 g/mol. The Morgan fingerprint density at radius 1 is 1.25 bits per heavy atom. The predicted molar refractivity (Wildman–Crippen MR) is 99.4 cm³/mol. The van der Waals surface area contributed by atoms with Gasteiger partial charge in [-0.3, -0.25) is 5.10 Å². The SMILES string of the molecule is CCc1cc(C(F)(F)F)c(-c2cc(Cl)c3[nH]ncc3c2)n2nc(C3CC3)nc12. The number of rotatable bonds is 3. The van der Waals surface area contributed by atoms with Gasteiger partial charge in [-0.2, -0.15) is 23.4 Å². The van der Waals surface area contributed by atoms with Crippen molar-refractivity contribution >= 4 is 28.2 Å². The van der Waals surface area contributed by atoms with Crippen molar-refractivity contribution in [1.29, 1.82) is 0 Å². The molecular formula is C19H15ClF3N5. The van der Waals surface area contributed by atoms with E-state index < -0.39 is 11.7 Å². The predicted octanol–water partition coefficient (Wildman–Crippen LogP) is 5.38. The van der Waals surface area contributed by atoms with E-state index >= 15 is 0 Å². The molecule has 3 heterocycles. The van der Waals surface area contributed by atoms with Gasteiger partial charge in [-0.1, -0.05) is 18.5 Å². The number of hydrogen-bond acceptors (Lipinski definition) is 3. The highest BCUT2D eigenvalue weighted by molar-refractivity contribution is 6.35. The molecule has 0 atom stereocenters. The summed E-state index contributed by atoms with van der Waals surface area (Å²) < 4.78 is 43.3. The molecule has 3 aromatic heterocycles. The van der Waals surface area contributed by atoms with Crippen LogP contribution in [0.4, 0.5) is 13.2 Å².